The van der Waals surface area contributed by atoms with Gasteiger partial charge in [0.25, 0.3) is 0 Å². The van der Waals surface area contributed by atoms with Crippen molar-refractivity contribution in [1.82, 2.24) is 10.2 Å². The van der Waals surface area contributed by atoms with Crippen molar-refractivity contribution >= 4 is 20.4 Å². The van der Waals surface area contributed by atoms with E-state index in [4.69, 9.17) is 23.4 Å². The van der Waals surface area contributed by atoms with Crippen LogP contribution in [0.4, 0.5) is 4.79 Å². The van der Waals surface area contributed by atoms with Crippen LogP contribution in [0.3, 0.4) is 0 Å². The van der Waals surface area contributed by atoms with E-state index in [-0.39, 0.29) is 30.4 Å². The van der Waals surface area contributed by atoms with E-state index in [0.717, 1.165) is 0 Å². The van der Waals surface area contributed by atoms with Crippen LogP contribution in [0.25, 0.3) is 0 Å². The predicted octanol–water partition coefficient (Wildman–Crippen LogP) is 4.08. The Morgan fingerprint density at radius 1 is 1.14 bits per heavy atom. The minimum atomic E-state index is -2.18. The number of esters is 1. The van der Waals surface area contributed by atoms with Gasteiger partial charge in [-0.1, -0.05) is 20.8 Å². The Hall–Kier alpha value is -2.13. The highest BCUT2D eigenvalue weighted by Crippen LogP contribution is 2.44. The molecule has 0 bridgehead atoms. The van der Waals surface area contributed by atoms with E-state index < -0.39 is 56.1 Å². The van der Waals surface area contributed by atoms with E-state index >= 15 is 0 Å². The van der Waals surface area contributed by atoms with Gasteiger partial charge in [0, 0.05) is 6.20 Å². The quantitative estimate of drug-likeness (QED) is 0.276. The second-order valence-corrected chi connectivity index (χ2v) is 17.2. The lowest BCUT2D eigenvalue weighted by molar-refractivity contribution is -0.166. The van der Waals surface area contributed by atoms with Gasteiger partial charge in [0.15, 0.2) is 14.1 Å². The number of hydrogen-bond donors (Lipinski definition) is 1. The van der Waals surface area contributed by atoms with Crippen molar-refractivity contribution in [3.05, 3.63) is 11.8 Å². The van der Waals surface area contributed by atoms with Crippen molar-refractivity contribution < 1.29 is 33.0 Å². The molecule has 11 heteroatoms. The molecule has 0 spiro atoms. The van der Waals surface area contributed by atoms with E-state index in [9.17, 15) is 14.9 Å². The molecule has 210 valence electrons. The number of carbonyl (C=O) groups excluding carboxylic acids is 2. The second-order valence-electron chi connectivity index (χ2n) is 12.4. The summed E-state index contributed by atoms with van der Waals surface area (Å²) in [5, 5.41) is 12.9. The molecule has 0 aliphatic carbocycles. The van der Waals surface area contributed by atoms with Crippen LogP contribution in [0.1, 0.15) is 62.3 Å². The first-order valence-electron chi connectivity index (χ1n) is 12.8. The minimum Gasteiger partial charge on any atom is -0.465 e. The number of ether oxygens (including phenoxy) is 4. The molecule has 4 atom stereocenters. The maximum absolute atomic E-state index is 13.6. The van der Waals surface area contributed by atoms with E-state index in [2.05, 4.69) is 45.3 Å². The van der Waals surface area contributed by atoms with Crippen molar-refractivity contribution in [2.45, 2.75) is 116 Å². The van der Waals surface area contributed by atoms with Crippen LogP contribution in [0.2, 0.25) is 18.1 Å². The first-order chi connectivity index (χ1) is 16.8. The maximum Gasteiger partial charge on any atom is 0.411 e. The van der Waals surface area contributed by atoms with Gasteiger partial charge >= 0.3 is 12.1 Å². The van der Waals surface area contributed by atoms with Crippen LogP contribution in [0.15, 0.2) is 11.8 Å². The Balaban J connectivity index is 2.49. The Morgan fingerprint density at radius 3 is 2.24 bits per heavy atom. The Morgan fingerprint density at radius 2 is 1.73 bits per heavy atom. The molecule has 0 unspecified atom stereocenters. The summed E-state index contributed by atoms with van der Waals surface area (Å²) in [4.78, 5) is 26.9. The molecule has 2 rings (SSSR count). The standard InChI is InChI=1S/C26H45N3O7Si/c1-12-32-19(30)15-28-14-17(13-27)20-22-21(34-26(8,9)35-22)18(16-33-37(10,11)25(5,6)7)29(20)23(31)36-24(2,3)4/h14,18,20-22,28H,12,15-16H2,1-11H3/t18-,20+,21-,22+/m1/s1. The van der Waals surface area contributed by atoms with Gasteiger partial charge in [-0.3, -0.25) is 9.69 Å². The smallest absolute Gasteiger partial charge is 0.411 e. The molecular formula is C26H45N3O7Si. The highest BCUT2D eigenvalue weighted by Gasteiger charge is 2.61. The minimum absolute atomic E-state index is 0.0395. The highest BCUT2D eigenvalue weighted by atomic mass is 28.4. The normalized spacial score (nSPS) is 25.9. The SMILES string of the molecule is CCOC(=O)CNC=C(C#N)[C@H]1[C@@H]2OC(C)(C)O[C@@H]2[C@@H](CO[Si](C)(C)C(C)(C)C)N1C(=O)OC(C)(C)C. The summed E-state index contributed by atoms with van der Waals surface area (Å²) < 4.78 is 29.8. The molecule has 2 saturated heterocycles. The van der Waals surface area contributed by atoms with Crippen molar-refractivity contribution in [1.29, 1.82) is 5.26 Å². The van der Waals surface area contributed by atoms with Crippen molar-refractivity contribution in [2.75, 3.05) is 19.8 Å². The topological polar surface area (TPSA) is 119 Å². The number of nitrogens with zero attached hydrogens (tertiary/aromatic N) is 2. The zero-order valence-electron chi connectivity index (χ0n) is 24.3. The van der Waals surface area contributed by atoms with E-state index in [1.54, 1.807) is 41.5 Å². The van der Waals surface area contributed by atoms with E-state index in [1.165, 1.54) is 11.1 Å². The number of likely N-dealkylation sites (tertiary alicyclic amines) is 1. The lowest BCUT2D eigenvalue weighted by atomic mass is 10.0. The fraction of sp³-hybridized carbons (Fsp3) is 0.808. The van der Waals surface area contributed by atoms with Crippen molar-refractivity contribution in [3.8, 4) is 6.07 Å². The Labute approximate surface area is 222 Å². The molecule has 2 aliphatic rings. The van der Waals surface area contributed by atoms with Crippen LogP contribution in [0.5, 0.6) is 0 Å². The Kier molecular flexibility index (Phi) is 9.50. The summed E-state index contributed by atoms with van der Waals surface area (Å²) in [6.45, 7) is 21.8. The van der Waals surface area contributed by atoms with Crippen molar-refractivity contribution in [3.63, 3.8) is 0 Å². The first kappa shape index (κ1) is 31.1. The van der Waals surface area contributed by atoms with Gasteiger partial charge < -0.3 is 28.7 Å². The molecule has 0 aromatic rings. The average molecular weight is 540 g/mol. The van der Waals surface area contributed by atoms with Gasteiger partial charge in [0.05, 0.1) is 30.9 Å². The number of nitrogens with one attached hydrogen (secondary N) is 1. The zero-order chi connectivity index (χ0) is 28.4. The van der Waals surface area contributed by atoms with Gasteiger partial charge in [-0.05, 0) is 59.7 Å². The monoisotopic (exact) mass is 539 g/mol. The molecule has 0 aromatic carbocycles. The summed E-state index contributed by atoms with van der Waals surface area (Å²) in [5.41, 5.74) is -0.551. The van der Waals surface area contributed by atoms with Crippen molar-refractivity contribution in [2.24, 2.45) is 0 Å². The number of amides is 1. The zero-order valence-corrected chi connectivity index (χ0v) is 25.3. The van der Waals surface area contributed by atoms with Crippen LogP contribution < -0.4 is 5.32 Å². The molecule has 37 heavy (non-hydrogen) atoms. The molecular weight excluding hydrogens is 494 g/mol. The summed E-state index contributed by atoms with van der Waals surface area (Å²) in [6, 6.07) is 0.820. The second kappa shape index (κ2) is 11.3. The molecule has 2 aliphatic heterocycles. The van der Waals surface area contributed by atoms with E-state index in [0.29, 0.717) is 0 Å². The summed E-state index contributed by atoms with van der Waals surface area (Å²) >= 11 is 0. The highest BCUT2D eigenvalue weighted by molar-refractivity contribution is 6.74. The number of nitriles is 1. The number of fused-ring (bicyclic) bond motifs is 1. The molecule has 1 N–H and O–H groups in total. The van der Waals surface area contributed by atoms with Gasteiger partial charge in [0.1, 0.15) is 30.4 Å². The molecule has 0 aromatic heterocycles. The fourth-order valence-electron chi connectivity index (χ4n) is 4.10. The van der Waals surface area contributed by atoms with Gasteiger partial charge in [-0.2, -0.15) is 5.26 Å². The number of carbonyl (C=O) groups is 2. The Bertz CT molecular complexity index is 915. The largest absolute Gasteiger partial charge is 0.465 e. The third-order valence-electron chi connectivity index (χ3n) is 6.79. The van der Waals surface area contributed by atoms with Gasteiger partial charge in [0.2, 0.25) is 0 Å². The van der Waals surface area contributed by atoms with Gasteiger partial charge in [-0.15, -0.1) is 0 Å². The van der Waals surface area contributed by atoms with Crippen LogP contribution in [-0.2, 0) is 28.2 Å². The molecule has 10 nitrogen and oxygen atoms in total. The predicted molar refractivity (Wildman–Crippen MR) is 141 cm³/mol. The first-order valence-corrected chi connectivity index (χ1v) is 15.7. The lowest BCUT2D eigenvalue weighted by Crippen LogP contribution is -2.52. The summed E-state index contributed by atoms with van der Waals surface area (Å²) in [5.74, 6) is -1.37. The maximum atomic E-state index is 13.6. The summed E-state index contributed by atoms with van der Waals surface area (Å²) in [6.07, 6.45) is -0.334. The van der Waals surface area contributed by atoms with E-state index in [1.807, 2.05) is 0 Å². The average Bonchev–Trinajstić information content (AvgIpc) is 3.18. The summed E-state index contributed by atoms with van der Waals surface area (Å²) in [7, 11) is -2.18. The van der Waals surface area contributed by atoms with Crippen LogP contribution in [-0.4, -0.2) is 80.7 Å². The van der Waals surface area contributed by atoms with Gasteiger partial charge in [-0.25, -0.2) is 4.79 Å². The third-order valence-corrected chi connectivity index (χ3v) is 11.3. The third kappa shape index (κ3) is 7.69. The number of rotatable bonds is 8. The lowest BCUT2D eigenvalue weighted by Gasteiger charge is -2.39. The molecule has 0 saturated carbocycles. The van der Waals surface area contributed by atoms with Crippen LogP contribution in [0, 0.1) is 11.3 Å². The van der Waals surface area contributed by atoms with Crippen LogP contribution >= 0.6 is 0 Å². The molecule has 0 radical (unpaired) electrons. The molecule has 2 heterocycles. The molecule has 1 amide bonds. The fourth-order valence-corrected chi connectivity index (χ4v) is 5.12. The molecule has 2 fully saturated rings. The number of hydrogen-bond acceptors (Lipinski definition) is 9.